The topological polar surface area (TPSA) is 23.1 Å². The maximum Gasteiger partial charge on any atom is 2.00 e. The van der Waals surface area contributed by atoms with E-state index in [4.69, 9.17) is 0 Å². The fourth-order valence-corrected chi connectivity index (χ4v) is 0.887. The van der Waals surface area contributed by atoms with Gasteiger partial charge >= 0.3 is 23.1 Å². The van der Waals surface area contributed by atoms with Gasteiger partial charge in [0.15, 0.2) is 0 Å². The Hall–Kier alpha value is -0.0238. The van der Waals surface area contributed by atoms with Crippen LogP contribution in [0.1, 0.15) is 12.5 Å². The maximum atomic E-state index is 11.6. The van der Waals surface area contributed by atoms with Gasteiger partial charge in [0.2, 0.25) is 0 Å². The van der Waals surface area contributed by atoms with E-state index in [0.717, 1.165) is 5.56 Å². The zero-order valence-corrected chi connectivity index (χ0v) is 9.83. The third kappa shape index (κ3) is 4.14. The van der Waals surface area contributed by atoms with Crippen molar-refractivity contribution in [2.45, 2.75) is 12.5 Å². The minimum atomic E-state index is -1.15. The van der Waals surface area contributed by atoms with Crippen LogP contribution in [0.3, 0.4) is 0 Å². The molecule has 1 atom stereocenters. The van der Waals surface area contributed by atoms with E-state index in [9.17, 15) is 5.11 Å². The maximum absolute atomic E-state index is 11.6. The van der Waals surface area contributed by atoms with Crippen molar-refractivity contribution in [2.24, 2.45) is 0 Å². The first-order valence-electron chi connectivity index (χ1n) is 3.56. The fourth-order valence-electron chi connectivity index (χ4n) is 0.887. The van der Waals surface area contributed by atoms with Gasteiger partial charge in [-0.3, -0.25) is 0 Å². The molecule has 1 nitrogen and oxygen atoms in total. The molecule has 1 rings (SSSR count). The molecule has 1 aromatic carbocycles. The molecule has 0 radical (unpaired) electrons. The molecule has 0 spiro atoms. The van der Waals surface area contributed by atoms with Crippen molar-refractivity contribution in [3.05, 3.63) is 48.6 Å². The molecular formula is C10H11ClMgO. The normalized spacial score (nSPS) is 13.1. The fraction of sp³-hybridized carbons (Fsp3) is 0.200. The summed E-state index contributed by atoms with van der Waals surface area (Å²) in [5.74, 6) is 0. The van der Waals surface area contributed by atoms with Gasteiger partial charge in [0.05, 0.1) is 0 Å². The smallest absolute Gasteiger partial charge is 1.00 e. The van der Waals surface area contributed by atoms with E-state index in [1.807, 2.05) is 30.3 Å². The predicted molar refractivity (Wildman–Crippen MR) is 49.7 cm³/mol. The third-order valence-electron chi connectivity index (χ3n) is 1.74. The molecule has 0 fully saturated rings. The monoisotopic (exact) mass is 206 g/mol. The second-order valence-corrected chi connectivity index (χ2v) is 2.68. The molecule has 1 aromatic rings. The molecule has 0 saturated heterocycles. The Morgan fingerprint density at radius 1 is 1.31 bits per heavy atom. The predicted octanol–water partition coefficient (Wildman–Crippen LogP) is -1.93. The van der Waals surface area contributed by atoms with E-state index >= 15 is 0 Å². The van der Waals surface area contributed by atoms with Crippen LogP contribution in [-0.2, 0) is 5.60 Å². The van der Waals surface area contributed by atoms with Gasteiger partial charge in [-0.1, -0.05) is 54.5 Å². The molecule has 0 aromatic heterocycles. The summed E-state index contributed by atoms with van der Waals surface area (Å²) in [5.41, 5.74) is -0.392. The van der Waals surface area contributed by atoms with Crippen molar-refractivity contribution in [3.63, 3.8) is 0 Å². The molecule has 0 aliphatic heterocycles. The van der Waals surface area contributed by atoms with Gasteiger partial charge in [0.25, 0.3) is 0 Å². The van der Waals surface area contributed by atoms with Crippen LogP contribution < -0.4 is 17.5 Å². The van der Waals surface area contributed by atoms with E-state index in [2.05, 4.69) is 6.58 Å². The van der Waals surface area contributed by atoms with E-state index in [-0.39, 0.29) is 35.5 Å². The average Bonchev–Trinajstić information content (AvgIpc) is 2.06. The van der Waals surface area contributed by atoms with Crippen molar-refractivity contribution < 1.29 is 17.5 Å². The SMILES string of the molecule is C=CC(C)([O-])c1ccccc1.[Cl-].[Mg+2]. The van der Waals surface area contributed by atoms with Crippen LogP contribution >= 0.6 is 0 Å². The van der Waals surface area contributed by atoms with E-state index in [1.165, 1.54) is 6.08 Å². The third-order valence-corrected chi connectivity index (χ3v) is 1.74. The van der Waals surface area contributed by atoms with Crippen molar-refractivity contribution >= 4 is 23.1 Å². The molecule has 3 heteroatoms. The molecule has 0 aliphatic carbocycles. The molecule has 0 heterocycles. The van der Waals surface area contributed by atoms with Crippen molar-refractivity contribution in [1.82, 2.24) is 0 Å². The van der Waals surface area contributed by atoms with E-state index < -0.39 is 5.60 Å². The Morgan fingerprint density at radius 2 is 1.77 bits per heavy atom. The van der Waals surface area contributed by atoms with Crippen LogP contribution in [0.5, 0.6) is 0 Å². The van der Waals surface area contributed by atoms with Gasteiger partial charge in [0, 0.05) is 0 Å². The van der Waals surface area contributed by atoms with Crippen molar-refractivity contribution in [1.29, 1.82) is 0 Å². The summed E-state index contributed by atoms with van der Waals surface area (Å²) in [6, 6.07) is 9.23. The Bertz CT molecular complexity index is 246. The summed E-state index contributed by atoms with van der Waals surface area (Å²) in [6.45, 7) is 5.10. The van der Waals surface area contributed by atoms with Crippen LogP contribution in [0.25, 0.3) is 0 Å². The second kappa shape index (κ2) is 6.43. The molecule has 1 unspecified atom stereocenters. The largest absolute Gasteiger partial charge is 2.00 e. The van der Waals surface area contributed by atoms with Gasteiger partial charge in [-0.05, 0) is 0 Å². The standard InChI is InChI=1S/C10H11O.ClH.Mg/c1-3-10(2,11)9-7-5-4-6-8-9;;/h3-8H,1H2,2H3;1H;/q-1;;+2/p-1. The summed E-state index contributed by atoms with van der Waals surface area (Å²) in [7, 11) is 0. The van der Waals surface area contributed by atoms with E-state index in [1.54, 1.807) is 6.92 Å². The van der Waals surface area contributed by atoms with Gasteiger partial charge in [-0.15, -0.1) is 6.58 Å². The molecule has 0 N–H and O–H groups in total. The first kappa shape index (κ1) is 15.4. The summed E-state index contributed by atoms with van der Waals surface area (Å²) in [6.07, 6.45) is 1.42. The quantitative estimate of drug-likeness (QED) is 0.409. The Kier molecular flexibility index (Phi) is 7.64. The summed E-state index contributed by atoms with van der Waals surface area (Å²) in [5, 5.41) is 11.6. The number of rotatable bonds is 2. The molecule has 0 aliphatic rings. The van der Waals surface area contributed by atoms with Gasteiger partial charge in [-0.25, -0.2) is 0 Å². The van der Waals surface area contributed by atoms with E-state index in [0.29, 0.717) is 0 Å². The second-order valence-electron chi connectivity index (χ2n) is 2.68. The number of hydrogen-bond acceptors (Lipinski definition) is 1. The van der Waals surface area contributed by atoms with Crippen LogP contribution in [0.2, 0.25) is 0 Å². The molecule has 66 valence electrons. The molecule has 0 amide bonds. The van der Waals surface area contributed by atoms with Crippen molar-refractivity contribution in [2.75, 3.05) is 0 Å². The Morgan fingerprint density at radius 3 is 2.15 bits per heavy atom. The minimum absolute atomic E-state index is 0. The van der Waals surface area contributed by atoms with Crippen LogP contribution in [0.4, 0.5) is 0 Å². The van der Waals surface area contributed by atoms with Crippen LogP contribution in [0.15, 0.2) is 43.0 Å². The zero-order valence-electron chi connectivity index (χ0n) is 7.66. The number of hydrogen-bond donors (Lipinski definition) is 0. The molecular weight excluding hydrogens is 196 g/mol. The van der Waals surface area contributed by atoms with Gasteiger partial charge < -0.3 is 17.5 Å². The molecule has 13 heavy (non-hydrogen) atoms. The first-order valence-corrected chi connectivity index (χ1v) is 3.56. The van der Waals surface area contributed by atoms with Gasteiger partial charge in [-0.2, -0.15) is 0 Å². The molecule has 0 bridgehead atoms. The summed E-state index contributed by atoms with van der Waals surface area (Å²) >= 11 is 0. The zero-order chi connectivity index (χ0) is 8.32. The van der Waals surface area contributed by atoms with Crippen LogP contribution in [-0.4, -0.2) is 23.1 Å². The first-order chi connectivity index (χ1) is 5.17. The number of benzene rings is 1. The van der Waals surface area contributed by atoms with Crippen molar-refractivity contribution in [3.8, 4) is 0 Å². The van der Waals surface area contributed by atoms with Crippen LogP contribution in [0, 0.1) is 0 Å². The van der Waals surface area contributed by atoms with Gasteiger partial charge in [0.1, 0.15) is 0 Å². The Labute approximate surface area is 101 Å². The molecule has 0 saturated carbocycles. The summed E-state index contributed by atoms with van der Waals surface area (Å²) < 4.78 is 0. The average molecular weight is 207 g/mol. The number of halogens is 1. The minimum Gasteiger partial charge on any atom is -1.00 e. The Balaban J connectivity index is 0. The summed E-state index contributed by atoms with van der Waals surface area (Å²) in [4.78, 5) is 0.